The van der Waals surface area contributed by atoms with Crippen LogP contribution in [0, 0.1) is 12.8 Å². The molecule has 3 rings (SSSR count). The lowest BCUT2D eigenvalue weighted by molar-refractivity contribution is 0.102. The second-order valence-electron chi connectivity index (χ2n) is 7.27. The summed E-state index contributed by atoms with van der Waals surface area (Å²) < 4.78 is 0.989. The number of carbonyl (C=O) groups is 1. The summed E-state index contributed by atoms with van der Waals surface area (Å²) in [5, 5.41) is 3.05. The number of benzene rings is 2. The predicted molar refractivity (Wildman–Crippen MR) is 107 cm³/mol. The minimum absolute atomic E-state index is 0.0498. The Kier molecular flexibility index (Phi) is 5.60. The minimum atomic E-state index is -0.0498. The van der Waals surface area contributed by atoms with Crippen LogP contribution in [-0.4, -0.2) is 31.4 Å². The van der Waals surface area contributed by atoms with Crippen LogP contribution in [0.5, 0.6) is 0 Å². The third-order valence-electron chi connectivity index (χ3n) is 4.85. The van der Waals surface area contributed by atoms with E-state index in [1.807, 2.05) is 31.2 Å². The summed E-state index contributed by atoms with van der Waals surface area (Å²) >= 11 is 3.44. The van der Waals surface area contributed by atoms with Crippen molar-refractivity contribution in [2.45, 2.75) is 26.2 Å². The Labute approximate surface area is 158 Å². The molecule has 1 aliphatic rings. The summed E-state index contributed by atoms with van der Waals surface area (Å²) in [6, 6.07) is 12.1. The first-order valence-electron chi connectivity index (χ1n) is 8.76. The summed E-state index contributed by atoms with van der Waals surface area (Å²) in [4.78, 5) is 14.8. The highest BCUT2D eigenvalue weighted by molar-refractivity contribution is 9.10. The molecule has 2 aromatic rings. The molecular weight excluding hydrogens is 376 g/mol. The molecule has 1 amide bonds. The molecule has 2 aromatic carbocycles. The quantitative estimate of drug-likeness (QED) is 0.807. The zero-order chi connectivity index (χ0) is 18.0. The van der Waals surface area contributed by atoms with E-state index in [-0.39, 0.29) is 5.91 Å². The molecular formula is C21H25BrN2O. The average Bonchev–Trinajstić information content (AvgIpc) is 2.54. The van der Waals surface area contributed by atoms with E-state index in [0.717, 1.165) is 41.0 Å². The summed E-state index contributed by atoms with van der Waals surface area (Å²) in [7, 11) is 4.27. The van der Waals surface area contributed by atoms with Crippen LogP contribution in [-0.2, 0) is 12.8 Å². The zero-order valence-corrected chi connectivity index (χ0v) is 16.7. The summed E-state index contributed by atoms with van der Waals surface area (Å²) in [5.74, 6) is 0.680. The van der Waals surface area contributed by atoms with Gasteiger partial charge in [-0.1, -0.05) is 22.0 Å². The molecule has 25 heavy (non-hydrogen) atoms. The number of nitrogens with one attached hydrogen (secondary N) is 1. The van der Waals surface area contributed by atoms with Gasteiger partial charge in [0.1, 0.15) is 0 Å². The number of rotatable bonds is 4. The fourth-order valence-corrected chi connectivity index (χ4v) is 4.14. The lowest BCUT2D eigenvalue weighted by atomic mass is 9.83. The molecule has 4 heteroatoms. The third kappa shape index (κ3) is 4.50. The van der Waals surface area contributed by atoms with Crippen molar-refractivity contribution in [1.82, 2.24) is 4.90 Å². The molecule has 0 spiro atoms. The second kappa shape index (κ2) is 7.71. The lowest BCUT2D eigenvalue weighted by Crippen LogP contribution is -2.26. The Morgan fingerprint density at radius 1 is 1.20 bits per heavy atom. The summed E-state index contributed by atoms with van der Waals surface area (Å²) in [5.41, 5.74) is 5.37. The maximum atomic E-state index is 12.6. The highest BCUT2D eigenvalue weighted by Gasteiger charge is 2.20. The summed E-state index contributed by atoms with van der Waals surface area (Å²) in [6.07, 6.45) is 3.44. The van der Waals surface area contributed by atoms with Gasteiger partial charge in [0, 0.05) is 22.3 Å². The fourth-order valence-electron chi connectivity index (χ4n) is 3.66. The van der Waals surface area contributed by atoms with Crippen molar-refractivity contribution in [3.8, 4) is 0 Å². The van der Waals surface area contributed by atoms with Gasteiger partial charge >= 0.3 is 0 Å². The summed E-state index contributed by atoms with van der Waals surface area (Å²) in [6.45, 7) is 3.10. The number of hydrogen-bond donors (Lipinski definition) is 1. The molecule has 0 fully saturated rings. The topological polar surface area (TPSA) is 32.3 Å². The van der Waals surface area contributed by atoms with Gasteiger partial charge in [-0.25, -0.2) is 0 Å². The first-order valence-corrected chi connectivity index (χ1v) is 9.55. The predicted octanol–water partition coefficient (Wildman–Crippen LogP) is 4.68. The van der Waals surface area contributed by atoms with Crippen LogP contribution in [0.1, 0.15) is 33.5 Å². The van der Waals surface area contributed by atoms with E-state index in [9.17, 15) is 4.79 Å². The average molecular weight is 401 g/mol. The number of nitrogens with zero attached hydrogens (tertiary/aromatic N) is 1. The molecule has 0 bridgehead atoms. The molecule has 0 heterocycles. The monoisotopic (exact) mass is 400 g/mol. The van der Waals surface area contributed by atoms with Crippen molar-refractivity contribution in [3.63, 3.8) is 0 Å². The second-order valence-corrected chi connectivity index (χ2v) is 8.18. The van der Waals surface area contributed by atoms with Crippen molar-refractivity contribution in [3.05, 3.63) is 63.1 Å². The number of aryl methyl sites for hydroxylation is 2. The van der Waals surface area contributed by atoms with Gasteiger partial charge in [-0.05, 0) is 93.2 Å². The van der Waals surface area contributed by atoms with Crippen LogP contribution in [0.15, 0.2) is 40.9 Å². The number of anilines is 1. The van der Waals surface area contributed by atoms with Crippen molar-refractivity contribution in [2.24, 2.45) is 5.92 Å². The Morgan fingerprint density at radius 2 is 2.00 bits per heavy atom. The number of halogens is 1. The van der Waals surface area contributed by atoms with E-state index in [1.54, 1.807) is 0 Å². The van der Waals surface area contributed by atoms with E-state index in [4.69, 9.17) is 0 Å². The van der Waals surface area contributed by atoms with Gasteiger partial charge in [-0.3, -0.25) is 4.79 Å². The molecule has 1 N–H and O–H groups in total. The highest BCUT2D eigenvalue weighted by atomic mass is 79.9. The van der Waals surface area contributed by atoms with Gasteiger partial charge in [0.2, 0.25) is 0 Å². The van der Waals surface area contributed by atoms with Crippen LogP contribution in [0.25, 0.3) is 0 Å². The van der Waals surface area contributed by atoms with Crippen molar-refractivity contribution < 1.29 is 4.79 Å². The number of carbonyl (C=O) groups excluding carboxylic acids is 1. The van der Waals surface area contributed by atoms with Gasteiger partial charge in [-0.15, -0.1) is 0 Å². The Hall–Kier alpha value is -1.65. The Balaban J connectivity index is 1.72. The van der Waals surface area contributed by atoms with Crippen LogP contribution in [0.4, 0.5) is 5.69 Å². The first kappa shape index (κ1) is 18.2. The van der Waals surface area contributed by atoms with Crippen LogP contribution in [0.3, 0.4) is 0 Å². The molecule has 0 radical (unpaired) electrons. The Morgan fingerprint density at radius 3 is 2.72 bits per heavy atom. The number of amides is 1. The zero-order valence-electron chi connectivity index (χ0n) is 15.1. The normalized spacial score (nSPS) is 16.6. The molecule has 0 saturated heterocycles. The van der Waals surface area contributed by atoms with Gasteiger partial charge in [0.15, 0.2) is 0 Å². The van der Waals surface area contributed by atoms with E-state index in [1.165, 1.54) is 17.5 Å². The van der Waals surface area contributed by atoms with Gasteiger partial charge < -0.3 is 10.2 Å². The molecule has 1 aliphatic carbocycles. The standard InChI is InChI=1S/C21H25BrN2O/c1-14-10-18(22)7-9-20(14)21(25)23-19-8-6-16-11-15(13-24(2)3)4-5-17(16)12-19/h6-10,12,15H,4-5,11,13H2,1-3H3,(H,23,25). The van der Waals surface area contributed by atoms with Crippen LogP contribution < -0.4 is 5.32 Å². The van der Waals surface area contributed by atoms with Gasteiger partial charge in [0.25, 0.3) is 5.91 Å². The highest BCUT2D eigenvalue weighted by Crippen LogP contribution is 2.28. The molecule has 132 valence electrons. The first-order chi connectivity index (χ1) is 11.9. The van der Waals surface area contributed by atoms with Crippen LogP contribution in [0.2, 0.25) is 0 Å². The van der Waals surface area contributed by atoms with Crippen molar-refractivity contribution in [1.29, 1.82) is 0 Å². The van der Waals surface area contributed by atoms with E-state index >= 15 is 0 Å². The minimum Gasteiger partial charge on any atom is -0.322 e. The SMILES string of the molecule is Cc1cc(Br)ccc1C(=O)Nc1ccc2c(c1)CCC(CN(C)C)C2. The van der Waals surface area contributed by atoms with Crippen molar-refractivity contribution >= 4 is 27.5 Å². The van der Waals surface area contributed by atoms with Gasteiger partial charge in [-0.2, -0.15) is 0 Å². The molecule has 0 saturated carbocycles. The fraction of sp³-hybridized carbons (Fsp3) is 0.381. The smallest absolute Gasteiger partial charge is 0.255 e. The molecule has 3 nitrogen and oxygen atoms in total. The molecule has 1 atom stereocenters. The molecule has 0 aromatic heterocycles. The Bertz CT molecular complexity index is 785. The number of fused-ring (bicyclic) bond motifs is 1. The van der Waals surface area contributed by atoms with E-state index < -0.39 is 0 Å². The molecule has 1 unspecified atom stereocenters. The third-order valence-corrected chi connectivity index (χ3v) is 5.34. The molecule has 0 aliphatic heterocycles. The van der Waals surface area contributed by atoms with Gasteiger partial charge in [0.05, 0.1) is 0 Å². The van der Waals surface area contributed by atoms with E-state index in [2.05, 4.69) is 52.4 Å². The van der Waals surface area contributed by atoms with Crippen molar-refractivity contribution in [2.75, 3.05) is 26.0 Å². The maximum Gasteiger partial charge on any atom is 0.255 e. The maximum absolute atomic E-state index is 12.6. The lowest BCUT2D eigenvalue weighted by Gasteiger charge is -2.27. The largest absolute Gasteiger partial charge is 0.322 e. The van der Waals surface area contributed by atoms with E-state index in [0.29, 0.717) is 5.56 Å². The van der Waals surface area contributed by atoms with Crippen LogP contribution >= 0.6 is 15.9 Å². The number of hydrogen-bond acceptors (Lipinski definition) is 2.